The minimum Gasteiger partial charge on any atom is -0.196 e. The molecule has 1 atom stereocenters. The normalized spacial score (nSPS) is 23.1. The molecule has 154 valence electrons. The van der Waals surface area contributed by atoms with Crippen LogP contribution in [0.1, 0.15) is 38.3 Å². The van der Waals surface area contributed by atoms with Crippen molar-refractivity contribution in [3.8, 4) is 0 Å². The molecule has 1 aromatic rings. The van der Waals surface area contributed by atoms with Gasteiger partial charge >= 0.3 is 21.1 Å². The predicted molar refractivity (Wildman–Crippen MR) is 91.2 cm³/mol. The Morgan fingerprint density at radius 3 is 2.15 bits per heavy atom. The highest BCUT2D eigenvalue weighted by molar-refractivity contribution is 8.37. The Kier molecular flexibility index (Phi) is 5.73. The van der Waals surface area contributed by atoms with Gasteiger partial charge in [-0.3, -0.25) is 0 Å². The van der Waals surface area contributed by atoms with Gasteiger partial charge in [0.05, 0.1) is 0 Å². The molecule has 0 radical (unpaired) electrons. The molecule has 0 saturated heterocycles. The van der Waals surface area contributed by atoms with Gasteiger partial charge in [-0.2, -0.15) is 38.4 Å². The lowest BCUT2D eigenvalue weighted by molar-refractivity contribution is -0.0547. The van der Waals surface area contributed by atoms with Gasteiger partial charge in [0, 0.05) is 20.1 Å². The minimum absolute atomic E-state index is 0.0169. The van der Waals surface area contributed by atoms with Gasteiger partial charge in [0.2, 0.25) is 0 Å². The summed E-state index contributed by atoms with van der Waals surface area (Å²) in [6, 6.07) is 4.03. The van der Waals surface area contributed by atoms with Crippen molar-refractivity contribution in [3.63, 3.8) is 0 Å². The lowest BCUT2D eigenvalue weighted by atomic mass is 10.1. The van der Waals surface area contributed by atoms with Gasteiger partial charge in [0.15, 0.2) is 0 Å². The van der Waals surface area contributed by atoms with Crippen LogP contribution in [0.5, 0.6) is 0 Å². The standard InChI is InChI=1S/C16H18F6O3S2/c1-4-5-11-6-7-12-9-13(10(2)3)26(14(12)8-11,15(17,18)19)25-27(23,24)16(20,21)22/h6-10H,4-5H2,1-3H3. The zero-order valence-corrected chi connectivity index (χ0v) is 16.2. The summed E-state index contributed by atoms with van der Waals surface area (Å²) in [7, 11) is -11.4. The second kappa shape index (κ2) is 7.00. The number of allylic oxidation sites excluding steroid dienone is 1. The topological polar surface area (TPSA) is 43.4 Å². The predicted octanol–water partition coefficient (Wildman–Crippen LogP) is 6.11. The average molecular weight is 436 g/mol. The summed E-state index contributed by atoms with van der Waals surface area (Å²) in [6.07, 6.45) is 2.08. The number of alkyl halides is 6. The molecular formula is C16H18F6O3S2. The third kappa shape index (κ3) is 3.73. The van der Waals surface area contributed by atoms with E-state index in [1.807, 2.05) is 0 Å². The third-order valence-corrected chi connectivity index (χ3v) is 8.90. The summed E-state index contributed by atoms with van der Waals surface area (Å²) < 4.78 is 108. The van der Waals surface area contributed by atoms with Gasteiger partial charge in [-0.15, -0.1) is 0 Å². The first-order valence-corrected chi connectivity index (χ1v) is 10.9. The van der Waals surface area contributed by atoms with Crippen LogP contribution in [0.4, 0.5) is 26.3 Å². The van der Waals surface area contributed by atoms with E-state index in [1.165, 1.54) is 19.9 Å². The Bertz CT molecular complexity index is 856. The highest BCUT2D eigenvalue weighted by atomic mass is 32.3. The van der Waals surface area contributed by atoms with E-state index in [0.29, 0.717) is 18.4 Å². The molecule has 1 heterocycles. The quantitative estimate of drug-likeness (QED) is 0.413. The molecular weight excluding hydrogens is 418 g/mol. The van der Waals surface area contributed by atoms with Crippen LogP contribution in [0.15, 0.2) is 28.0 Å². The first-order chi connectivity index (χ1) is 12.2. The van der Waals surface area contributed by atoms with Crippen LogP contribution < -0.4 is 0 Å². The number of hydrogen-bond acceptors (Lipinski definition) is 3. The zero-order chi connectivity index (χ0) is 20.8. The molecule has 0 fully saturated rings. The molecule has 1 aromatic carbocycles. The van der Waals surface area contributed by atoms with E-state index >= 15 is 0 Å². The first-order valence-electron chi connectivity index (χ1n) is 7.94. The average Bonchev–Trinajstić information content (AvgIpc) is 2.81. The molecule has 0 aliphatic carbocycles. The van der Waals surface area contributed by atoms with Crippen molar-refractivity contribution in [1.29, 1.82) is 0 Å². The van der Waals surface area contributed by atoms with Crippen molar-refractivity contribution >= 4 is 26.5 Å². The summed E-state index contributed by atoms with van der Waals surface area (Å²) in [6.45, 7) is 4.49. The van der Waals surface area contributed by atoms with E-state index in [4.69, 9.17) is 0 Å². The van der Waals surface area contributed by atoms with E-state index < -0.39 is 47.2 Å². The second-order valence-corrected chi connectivity index (χ2v) is 10.7. The monoisotopic (exact) mass is 436 g/mol. The fourth-order valence-corrected chi connectivity index (χ4v) is 7.60. The van der Waals surface area contributed by atoms with Crippen molar-refractivity contribution < 1.29 is 38.4 Å². The molecule has 0 saturated carbocycles. The maximum absolute atomic E-state index is 14.2. The number of hydrogen-bond donors (Lipinski definition) is 0. The summed E-state index contributed by atoms with van der Waals surface area (Å²) >= 11 is 0. The van der Waals surface area contributed by atoms with Crippen LogP contribution in [0, 0.1) is 5.92 Å². The zero-order valence-electron chi connectivity index (χ0n) is 14.6. The molecule has 27 heavy (non-hydrogen) atoms. The minimum atomic E-state index is -6.48. The summed E-state index contributed by atoms with van der Waals surface area (Å²) in [5.41, 5.74) is -10.8. The van der Waals surface area contributed by atoms with E-state index in [1.54, 1.807) is 13.0 Å². The molecule has 0 amide bonds. The third-order valence-electron chi connectivity index (χ3n) is 3.93. The molecule has 1 aliphatic rings. The number of aryl methyl sites for hydroxylation is 1. The number of fused-ring (bicyclic) bond motifs is 1. The fourth-order valence-electron chi connectivity index (χ4n) is 2.80. The van der Waals surface area contributed by atoms with E-state index in [-0.39, 0.29) is 5.56 Å². The Morgan fingerprint density at radius 2 is 1.70 bits per heavy atom. The highest BCUT2D eigenvalue weighted by Gasteiger charge is 2.64. The Hall–Kier alpha value is -1.20. The first kappa shape index (κ1) is 22.1. The maximum atomic E-state index is 14.2. The molecule has 1 unspecified atom stereocenters. The van der Waals surface area contributed by atoms with Gasteiger partial charge < -0.3 is 0 Å². The van der Waals surface area contributed by atoms with Gasteiger partial charge in [-0.1, -0.05) is 39.3 Å². The van der Waals surface area contributed by atoms with Gasteiger partial charge in [-0.05, 0) is 35.6 Å². The number of benzene rings is 1. The van der Waals surface area contributed by atoms with Crippen molar-refractivity contribution in [3.05, 3.63) is 34.2 Å². The van der Waals surface area contributed by atoms with Gasteiger partial charge in [0.25, 0.3) is 0 Å². The van der Waals surface area contributed by atoms with Crippen LogP contribution in [0.2, 0.25) is 0 Å². The SMILES string of the molecule is CCCc1ccc2c(c1)S(OS(=O)(=O)C(F)(F)F)(C(F)(F)F)C(C(C)C)=C2. The molecule has 0 aromatic heterocycles. The maximum Gasteiger partial charge on any atom is 0.523 e. The Labute approximate surface area is 155 Å². The van der Waals surface area contributed by atoms with E-state index in [0.717, 1.165) is 12.1 Å². The van der Waals surface area contributed by atoms with Crippen LogP contribution in [0.25, 0.3) is 6.08 Å². The second-order valence-electron chi connectivity index (χ2n) is 6.29. The molecule has 2 rings (SSSR count). The van der Waals surface area contributed by atoms with Crippen LogP contribution in [0.3, 0.4) is 0 Å². The molecule has 11 heteroatoms. The number of halogens is 6. The summed E-state index contributed by atoms with van der Waals surface area (Å²) in [5.74, 6) is -0.882. The van der Waals surface area contributed by atoms with Gasteiger partial charge in [-0.25, -0.2) is 0 Å². The Morgan fingerprint density at radius 1 is 1.11 bits per heavy atom. The summed E-state index contributed by atoms with van der Waals surface area (Å²) in [5, 5.41) is 0. The molecule has 0 N–H and O–H groups in total. The molecule has 0 bridgehead atoms. The highest BCUT2D eigenvalue weighted by Crippen LogP contribution is 2.79. The van der Waals surface area contributed by atoms with E-state index in [9.17, 15) is 34.8 Å². The smallest absolute Gasteiger partial charge is 0.196 e. The van der Waals surface area contributed by atoms with E-state index in [2.05, 4.69) is 3.63 Å². The lowest BCUT2D eigenvalue weighted by Crippen LogP contribution is -2.33. The van der Waals surface area contributed by atoms with Crippen molar-refractivity contribution in [2.24, 2.45) is 5.92 Å². The van der Waals surface area contributed by atoms with Crippen molar-refractivity contribution in [2.75, 3.05) is 0 Å². The molecule has 1 aliphatic heterocycles. The van der Waals surface area contributed by atoms with Crippen LogP contribution in [-0.2, 0) is 20.2 Å². The summed E-state index contributed by atoms with van der Waals surface area (Å²) in [4.78, 5) is -1.07. The van der Waals surface area contributed by atoms with Crippen LogP contribution in [-0.4, -0.2) is 19.4 Å². The lowest BCUT2D eigenvalue weighted by Gasteiger charge is -2.40. The van der Waals surface area contributed by atoms with Crippen molar-refractivity contribution in [2.45, 2.75) is 49.5 Å². The number of rotatable bonds is 5. The van der Waals surface area contributed by atoms with Crippen LogP contribution >= 0.6 is 10.3 Å². The van der Waals surface area contributed by atoms with Crippen molar-refractivity contribution in [1.82, 2.24) is 0 Å². The largest absolute Gasteiger partial charge is 0.523 e. The molecule has 0 spiro atoms. The molecule has 3 nitrogen and oxygen atoms in total. The van der Waals surface area contributed by atoms with Gasteiger partial charge in [0.1, 0.15) is 0 Å². The Balaban J connectivity index is 2.82. The fraction of sp³-hybridized carbons (Fsp3) is 0.500.